The zero-order valence-electron chi connectivity index (χ0n) is 22.7. The molecular weight excluding hydrogens is 424 g/mol. The average Bonchev–Trinajstić information content (AvgIpc) is 3.10. The Labute approximate surface area is 208 Å². The second kappa shape index (κ2) is 10.0. The van der Waals surface area contributed by atoms with Crippen molar-refractivity contribution in [3.8, 4) is 0 Å². The van der Waals surface area contributed by atoms with Crippen molar-refractivity contribution in [2.75, 3.05) is 6.61 Å². The predicted molar refractivity (Wildman–Crippen MR) is 137 cm³/mol. The van der Waals surface area contributed by atoms with Crippen molar-refractivity contribution in [2.24, 2.45) is 46.3 Å². The number of fused-ring (bicyclic) bond motifs is 5. The fourth-order valence-electron chi connectivity index (χ4n) is 9.72. The molecule has 34 heavy (non-hydrogen) atoms. The lowest BCUT2D eigenvalue weighted by Crippen LogP contribution is -2.54. The molecule has 0 radical (unpaired) electrons. The van der Waals surface area contributed by atoms with Crippen LogP contribution in [0.3, 0.4) is 0 Å². The van der Waals surface area contributed by atoms with Gasteiger partial charge in [-0.15, -0.1) is 0 Å². The summed E-state index contributed by atoms with van der Waals surface area (Å²) in [7, 11) is 0. The van der Waals surface area contributed by atoms with Crippen molar-refractivity contribution in [3.63, 3.8) is 0 Å². The maximum atomic E-state index is 10.9. The Kier molecular flexibility index (Phi) is 7.81. The van der Waals surface area contributed by atoms with Crippen LogP contribution in [0.15, 0.2) is 0 Å². The van der Waals surface area contributed by atoms with Gasteiger partial charge in [0.05, 0.1) is 24.7 Å². The van der Waals surface area contributed by atoms with Crippen LogP contribution in [0.5, 0.6) is 0 Å². The third-order valence-corrected chi connectivity index (χ3v) is 11.5. The summed E-state index contributed by atoms with van der Waals surface area (Å²) in [5, 5.41) is 19.1. The zero-order chi connectivity index (χ0) is 24.7. The number of ether oxygens (including phenoxy) is 1. The van der Waals surface area contributed by atoms with E-state index in [0.717, 1.165) is 61.2 Å². The van der Waals surface area contributed by atoms with E-state index in [2.05, 4.69) is 20.8 Å². The van der Waals surface area contributed by atoms with E-state index in [0.29, 0.717) is 17.4 Å². The molecule has 4 fully saturated rings. The Morgan fingerprint density at radius 1 is 1.03 bits per heavy atom. The highest BCUT2D eigenvalue weighted by Gasteiger charge is 2.60. The number of aliphatic hydroxyl groups is 1. The molecule has 9 atom stereocenters. The van der Waals surface area contributed by atoms with E-state index >= 15 is 0 Å². The van der Waals surface area contributed by atoms with Crippen LogP contribution in [0, 0.1) is 46.3 Å². The van der Waals surface area contributed by atoms with Crippen LogP contribution in [-0.2, 0) is 9.53 Å². The first-order valence-electron chi connectivity index (χ1n) is 14.5. The highest BCUT2D eigenvalue weighted by molar-refractivity contribution is 5.66. The molecule has 4 aliphatic carbocycles. The summed E-state index contributed by atoms with van der Waals surface area (Å²) in [6, 6.07) is 0. The first-order valence-corrected chi connectivity index (χ1v) is 14.5. The van der Waals surface area contributed by atoms with E-state index in [-0.39, 0.29) is 12.5 Å². The summed E-state index contributed by atoms with van der Waals surface area (Å²) < 4.78 is 6.01. The van der Waals surface area contributed by atoms with E-state index in [9.17, 15) is 9.90 Å². The normalized spacial score (nSPS) is 43.0. The Morgan fingerprint density at radius 3 is 2.44 bits per heavy atom. The van der Waals surface area contributed by atoms with Crippen LogP contribution in [0.25, 0.3) is 0 Å². The van der Waals surface area contributed by atoms with Gasteiger partial charge in [0.2, 0.25) is 0 Å². The summed E-state index contributed by atoms with van der Waals surface area (Å²) in [4.78, 5) is 10.9. The number of carboxylic acids is 1. The second-order valence-electron chi connectivity index (χ2n) is 14.0. The molecule has 0 aromatic rings. The van der Waals surface area contributed by atoms with Crippen LogP contribution >= 0.6 is 0 Å². The van der Waals surface area contributed by atoms with Gasteiger partial charge in [0.25, 0.3) is 0 Å². The zero-order valence-corrected chi connectivity index (χ0v) is 22.7. The second-order valence-corrected chi connectivity index (χ2v) is 14.0. The summed E-state index contributed by atoms with van der Waals surface area (Å²) >= 11 is 0. The molecule has 4 saturated carbocycles. The molecule has 4 aliphatic rings. The van der Waals surface area contributed by atoms with Crippen molar-refractivity contribution in [1.82, 2.24) is 0 Å². The van der Waals surface area contributed by atoms with Crippen molar-refractivity contribution in [2.45, 2.75) is 130 Å². The molecule has 0 aromatic carbocycles. The molecule has 0 aliphatic heterocycles. The number of hydrogen-bond acceptors (Lipinski definition) is 3. The minimum absolute atomic E-state index is 0.126. The van der Waals surface area contributed by atoms with Gasteiger partial charge in [0, 0.05) is 0 Å². The largest absolute Gasteiger partial charge is 0.481 e. The molecule has 0 saturated heterocycles. The van der Waals surface area contributed by atoms with Gasteiger partial charge in [-0.2, -0.15) is 0 Å². The lowest BCUT2D eigenvalue weighted by atomic mass is 9.44. The average molecular weight is 477 g/mol. The first-order chi connectivity index (χ1) is 15.9. The minimum atomic E-state index is -0.757. The van der Waals surface area contributed by atoms with E-state index in [4.69, 9.17) is 9.84 Å². The molecule has 0 aromatic heterocycles. The minimum Gasteiger partial charge on any atom is -0.481 e. The summed E-state index contributed by atoms with van der Waals surface area (Å²) in [5.74, 6) is 4.28. The van der Waals surface area contributed by atoms with Gasteiger partial charge in [-0.1, -0.05) is 33.6 Å². The molecule has 4 heteroatoms. The number of hydrogen-bond donors (Lipinski definition) is 2. The molecule has 0 amide bonds. The fraction of sp³-hybridized carbons (Fsp3) is 0.967. The highest BCUT2D eigenvalue weighted by Crippen LogP contribution is 2.68. The van der Waals surface area contributed by atoms with Gasteiger partial charge in [-0.3, -0.25) is 4.79 Å². The van der Waals surface area contributed by atoms with Gasteiger partial charge in [-0.25, -0.2) is 0 Å². The van der Waals surface area contributed by atoms with Gasteiger partial charge in [-0.05, 0) is 124 Å². The molecule has 196 valence electrons. The lowest BCUT2D eigenvalue weighted by Gasteiger charge is -2.61. The van der Waals surface area contributed by atoms with Crippen molar-refractivity contribution >= 4 is 5.97 Å². The van der Waals surface area contributed by atoms with Crippen LogP contribution < -0.4 is 0 Å². The van der Waals surface area contributed by atoms with Gasteiger partial charge in [0.1, 0.15) is 0 Å². The first kappa shape index (κ1) is 26.5. The molecule has 0 unspecified atom stereocenters. The van der Waals surface area contributed by atoms with E-state index in [1.54, 1.807) is 0 Å². The van der Waals surface area contributed by atoms with Crippen molar-refractivity contribution in [3.05, 3.63) is 0 Å². The topological polar surface area (TPSA) is 66.8 Å². The smallest absolute Gasteiger partial charge is 0.305 e. The van der Waals surface area contributed by atoms with E-state index in [1.165, 1.54) is 51.4 Å². The fourth-order valence-corrected chi connectivity index (χ4v) is 9.72. The molecule has 0 heterocycles. The van der Waals surface area contributed by atoms with Gasteiger partial charge >= 0.3 is 5.97 Å². The van der Waals surface area contributed by atoms with Crippen molar-refractivity contribution < 1.29 is 19.7 Å². The van der Waals surface area contributed by atoms with Crippen molar-refractivity contribution in [1.29, 1.82) is 0 Å². The van der Waals surface area contributed by atoms with Crippen LogP contribution in [0.4, 0.5) is 0 Å². The van der Waals surface area contributed by atoms with E-state index in [1.807, 2.05) is 13.8 Å². The summed E-state index contributed by atoms with van der Waals surface area (Å²) in [6.45, 7) is 12.0. The lowest BCUT2D eigenvalue weighted by molar-refractivity contribution is -0.144. The molecule has 4 nitrogen and oxygen atoms in total. The third-order valence-electron chi connectivity index (χ3n) is 11.5. The Morgan fingerprint density at radius 2 is 1.74 bits per heavy atom. The number of carboxylic acid groups (broad SMARTS) is 1. The molecule has 0 spiro atoms. The van der Waals surface area contributed by atoms with Crippen LogP contribution in [0.1, 0.15) is 118 Å². The standard InChI is InChI=1S/C30H52O4/c1-20(7-6-15-28(2,3)33)24-10-11-25-23-9-8-21-19-22(34-18-14-27(31)32)12-16-29(21,4)26(23)13-17-30(24,25)5/h20-26,33H,6-19H2,1-5H3,(H,31,32)/t20-,21+,22+,23+,24-,25+,26+,29+,30-/m1/s1. The van der Waals surface area contributed by atoms with Gasteiger partial charge < -0.3 is 14.9 Å². The summed E-state index contributed by atoms with van der Waals surface area (Å²) in [5.41, 5.74) is 0.428. The molecule has 0 bridgehead atoms. The Hall–Kier alpha value is -0.610. The van der Waals surface area contributed by atoms with Crippen LogP contribution in [0.2, 0.25) is 0 Å². The predicted octanol–water partition coefficient (Wildman–Crippen LogP) is 7.08. The summed E-state index contributed by atoms with van der Waals surface area (Å²) in [6.07, 6.45) is 15.6. The Balaban J connectivity index is 1.37. The monoisotopic (exact) mass is 476 g/mol. The maximum absolute atomic E-state index is 10.9. The quantitative estimate of drug-likeness (QED) is 0.373. The molecular formula is C30H52O4. The number of aliphatic carboxylic acids is 1. The third kappa shape index (κ3) is 5.24. The maximum Gasteiger partial charge on any atom is 0.305 e. The Bertz CT molecular complexity index is 713. The number of rotatable bonds is 9. The molecule has 4 rings (SSSR count). The SMILES string of the molecule is C[C@H](CCCC(C)(C)O)[C@H]1CC[C@H]2[C@@H]3CC[C@H]4C[C@@H](OCCC(=O)O)CC[C@]4(C)[C@H]3CC[C@]12C. The van der Waals surface area contributed by atoms with Gasteiger partial charge in [0.15, 0.2) is 0 Å². The highest BCUT2D eigenvalue weighted by atomic mass is 16.5. The van der Waals surface area contributed by atoms with Crippen LogP contribution in [-0.4, -0.2) is 34.5 Å². The number of carbonyl (C=O) groups is 1. The van der Waals surface area contributed by atoms with E-state index < -0.39 is 11.6 Å². The molecule has 2 N–H and O–H groups in total.